The van der Waals surface area contributed by atoms with Gasteiger partial charge in [-0.05, 0) is 38.1 Å². The first-order chi connectivity index (χ1) is 10.7. The molecule has 0 spiro atoms. The van der Waals surface area contributed by atoms with Gasteiger partial charge in [0.05, 0.1) is 0 Å². The highest BCUT2D eigenvalue weighted by Gasteiger charge is 2.16. The number of unbranched alkanes of at least 4 members (excludes halogenated alkanes) is 2. The third-order valence-corrected chi connectivity index (χ3v) is 3.44. The zero-order chi connectivity index (χ0) is 16.2. The Hall–Kier alpha value is -1.88. The molecule has 1 rings (SSSR count). The molecule has 0 heterocycles. The Morgan fingerprint density at radius 2 is 1.73 bits per heavy atom. The molecule has 0 unspecified atom stereocenters. The van der Waals surface area contributed by atoms with Crippen molar-refractivity contribution in [2.75, 3.05) is 25.0 Å². The number of oxime groups is 1. The van der Waals surface area contributed by atoms with Crippen LogP contribution in [0.5, 0.6) is 0 Å². The number of anilines is 1. The third-order valence-electron chi connectivity index (χ3n) is 3.44. The predicted molar refractivity (Wildman–Crippen MR) is 90.5 cm³/mol. The van der Waals surface area contributed by atoms with Gasteiger partial charge in [0.2, 0.25) is 0 Å². The Balaban J connectivity index is 2.61. The lowest BCUT2D eigenvalue weighted by atomic mass is 10.2. The van der Waals surface area contributed by atoms with Gasteiger partial charge in [0.25, 0.3) is 5.91 Å². The van der Waals surface area contributed by atoms with Crippen LogP contribution in [0, 0.1) is 0 Å². The van der Waals surface area contributed by atoms with Crippen molar-refractivity contribution in [3.05, 3.63) is 30.3 Å². The molecule has 0 saturated carbocycles. The van der Waals surface area contributed by atoms with Crippen LogP contribution in [-0.4, -0.2) is 41.4 Å². The second-order valence-electron chi connectivity index (χ2n) is 5.35. The van der Waals surface area contributed by atoms with E-state index in [1.807, 2.05) is 18.2 Å². The molecule has 0 saturated heterocycles. The number of amides is 1. The molecule has 0 bridgehead atoms. The maximum Gasteiger partial charge on any atom is 0.274 e. The van der Waals surface area contributed by atoms with Gasteiger partial charge in [-0.3, -0.25) is 9.69 Å². The number of hydrogen-bond donors (Lipinski definition) is 2. The molecule has 5 heteroatoms. The van der Waals surface area contributed by atoms with Crippen LogP contribution < -0.4 is 5.32 Å². The molecular weight excluding hydrogens is 278 g/mol. The largest absolute Gasteiger partial charge is 0.410 e. The number of carbonyl (C=O) groups is 1. The number of nitrogens with zero attached hydrogens (tertiary/aromatic N) is 2. The quantitative estimate of drug-likeness (QED) is 0.396. The fourth-order valence-corrected chi connectivity index (χ4v) is 2.12. The van der Waals surface area contributed by atoms with E-state index in [1.54, 1.807) is 12.1 Å². The summed E-state index contributed by atoms with van der Waals surface area (Å²) in [5, 5.41) is 15.1. The molecule has 0 radical (unpaired) electrons. The SMILES string of the molecule is CCCCN(CCCC)C/C(=N\O)C(=O)Nc1ccccc1. The number of nitrogens with one attached hydrogen (secondary N) is 1. The fourth-order valence-electron chi connectivity index (χ4n) is 2.12. The molecule has 0 fully saturated rings. The molecule has 1 aromatic rings. The van der Waals surface area contributed by atoms with E-state index < -0.39 is 0 Å². The zero-order valence-electron chi connectivity index (χ0n) is 13.6. The summed E-state index contributed by atoms with van der Waals surface area (Å²) >= 11 is 0. The molecule has 0 aromatic heterocycles. The summed E-state index contributed by atoms with van der Waals surface area (Å²) in [5.74, 6) is -0.355. The maximum atomic E-state index is 12.2. The average molecular weight is 305 g/mol. The molecule has 0 atom stereocenters. The number of hydrogen-bond acceptors (Lipinski definition) is 4. The van der Waals surface area contributed by atoms with E-state index in [0.29, 0.717) is 12.2 Å². The summed E-state index contributed by atoms with van der Waals surface area (Å²) in [5.41, 5.74) is 0.846. The van der Waals surface area contributed by atoms with Gasteiger partial charge in [-0.1, -0.05) is 50.0 Å². The minimum atomic E-state index is -0.355. The monoisotopic (exact) mass is 305 g/mol. The number of benzene rings is 1. The Kier molecular flexibility index (Phi) is 8.91. The predicted octanol–water partition coefficient (Wildman–Crippen LogP) is 3.36. The van der Waals surface area contributed by atoms with Crippen LogP contribution in [0.25, 0.3) is 0 Å². The molecule has 1 amide bonds. The molecule has 122 valence electrons. The second-order valence-corrected chi connectivity index (χ2v) is 5.35. The summed E-state index contributed by atoms with van der Waals surface area (Å²) in [6.07, 6.45) is 4.35. The van der Waals surface area contributed by atoms with Gasteiger partial charge < -0.3 is 10.5 Å². The fraction of sp³-hybridized carbons (Fsp3) is 0.529. The highest BCUT2D eigenvalue weighted by molar-refractivity contribution is 6.43. The molecule has 0 aliphatic rings. The van der Waals surface area contributed by atoms with Crippen molar-refractivity contribution in [2.24, 2.45) is 5.16 Å². The van der Waals surface area contributed by atoms with Crippen molar-refractivity contribution in [3.63, 3.8) is 0 Å². The first-order valence-corrected chi connectivity index (χ1v) is 8.00. The molecular formula is C17H27N3O2. The lowest BCUT2D eigenvalue weighted by Gasteiger charge is -2.21. The van der Waals surface area contributed by atoms with E-state index in [0.717, 1.165) is 38.8 Å². The van der Waals surface area contributed by atoms with Crippen molar-refractivity contribution < 1.29 is 10.0 Å². The van der Waals surface area contributed by atoms with Crippen LogP contribution in [0.4, 0.5) is 5.69 Å². The lowest BCUT2D eigenvalue weighted by molar-refractivity contribution is -0.110. The Labute approximate surface area is 133 Å². The Morgan fingerprint density at radius 3 is 2.23 bits per heavy atom. The van der Waals surface area contributed by atoms with Crippen LogP contribution >= 0.6 is 0 Å². The summed E-state index contributed by atoms with van der Waals surface area (Å²) in [6.45, 7) is 6.47. The van der Waals surface area contributed by atoms with E-state index in [9.17, 15) is 10.0 Å². The number of rotatable bonds is 10. The van der Waals surface area contributed by atoms with Gasteiger partial charge in [-0.2, -0.15) is 0 Å². The molecule has 0 aliphatic carbocycles. The molecule has 22 heavy (non-hydrogen) atoms. The number of para-hydroxylation sites is 1. The van der Waals surface area contributed by atoms with Gasteiger partial charge in [-0.15, -0.1) is 0 Å². The Morgan fingerprint density at radius 1 is 1.14 bits per heavy atom. The van der Waals surface area contributed by atoms with E-state index in [-0.39, 0.29) is 11.6 Å². The molecule has 0 aliphatic heterocycles. The smallest absolute Gasteiger partial charge is 0.274 e. The van der Waals surface area contributed by atoms with Crippen molar-refractivity contribution in [2.45, 2.75) is 39.5 Å². The summed E-state index contributed by atoms with van der Waals surface area (Å²) in [6, 6.07) is 9.19. The lowest BCUT2D eigenvalue weighted by Crippen LogP contribution is -2.37. The van der Waals surface area contributed by atoms with Gasteiger partial charge in [0, 0.05) is 12.2 Å². The Bertz CT molecular complexity index is 452. The molecule has 5 nitrogen and oxygen atoms in total. The summed E-state index contributed by atoms with van der Waals surface area (Å²) in [7, 11) is 0. The normalized spacial score (nSPS) is 11.7. The van der Waals surface area contributed by atoms with E-state index in [2.05, 4.69) is 29.2 Å². The van der Waals surface area contributed by atoms with Crippen LogP contribution in [0.1, 0.15) is 39.5 Å². The third kappa shape index (κ3) is 6.72. The zero-order valence-corrected chi connectivity index (χ0v) is 13.6. The number of carbonyl (C=O) groups excluding carboxylic acids is 1. The maximum absolute atomic E-state index is 12.2. The standard InChI is InChI=1S/C17H27N3O2/c1-3-5-12-20(13-6-4-2)14-16(19-22)17(21)18-15-10-8-7-9-11-15/h7-11,22H,3-6,12-14H2,1-2H3,(H,18,21)/b19-16+. The van der Waals surface area contributed by atoms with E-state index in [1.165, 1.54) is 0 Å². The first-order valence-electron chi connectivity index (χ1n) is 8.00. The molecule has 2 N–H and O–H groups in total. The topological polar surface area (TPSA) is 64.9 Å². The second kappa shape index (κ2) is 10.8. The van der Waals surface area contributed by atoms with Crippen LogP contribution in [0.3, 0.4) is 0 Å². The van der Waals surface area contributed by atoms with Crippen molar-refractivity contribution in [3.8, 4) is 0 Å². The van der Waals surface area contributed by atoms with E-state index in [4.69, 9.17) is 0 Å². The minimum Gasteiger partial charge on any atom is -0.410 e. The first kappa shape index (κ1) is 18.2. The average Bonchev–Trinajstić information content (AvgIpc) is 2.55. The summed E-state index contributed by atoms with van der Waals surface area (Å²) < 4.78 is 0. The highest BCUT2D eigenvalue weighted by Crippen LogP contribution is 2.06. The van der Waals surface area contributed by atoms with Crippen molar-refractivity contribution >= 4 is 17.3 Å². The van der Waals surface area contributed by atoms with Gasteiger partial charge in [0.1, 0.15) is 0 Å². The minimum absolute atomic E-state index is 0.149. The van der Waals surface area contributed by atoms with Crippen molar-refractivity contribution in [1.29, 1.82) is 0 Å². The summed E-state index contributed by atoms with van der Waals surface area (Å²) in [4.78, 5) is 14.4. The van der Waals surface area contributed by atoms with Crippen LogP contribution in [0.15, 0.2) is 35.5 Å². The van der Waals surface area contributed by atoms with Crippen LogP contribution in [-0.2, 0) is 4.79 Å². The van der Waals surface area contributed by atoms with E-state index >= 15 is 0 Å². The molecule has 1 aromatic carbocycles. The van der Waals surface area contributed by atoms with Gasteiger partial charge in [-0.25, -0.2) is 0 Å². The van der Waals surface area contributed by atoms with Crippen molar-refractivity contribution in [1.82, 2.24) is 4.90 Å². The van der Waals surface area contributed by atoms with Gasteiger partial charge in [0.15, 0.2) is 5.71 Å². The highest BCUT2D eigenvalue weighted by atomic mass is 16.4. The van der Waals surface area contributed by atoms with Gasteiger partial charge >= 0.3 is 0 Å². The van der Waals surface area contributed by atoms with Crippen LogP contribution in [0.2, 0.25) is 0 Å².